The summed E-state index contributed by atoms with van der Waals surface area (Å²) in [5.41, 5.74) is 1.48. The van der Waals surface area contributed by atoms with Crippen LogP contribution in [0.5, 0.6) is 11.5 Å². The zero-order valence-electron chi connectivity index (χ0n) is 13.4. The van der Waals surface area contributed by atoms with Crippen LogP contribution >= 0.6 is 0 Å². The minimum Gasteiger partial charge on any atom is -0.423 e. The van der Waals surface area contributed by atoms with Crippen LogP contribution in [0.4, 0.5) is 0 Å². The van der Waals surface area contributed by atoms with Crippen LogP contribution in [0, 0.1) is 0 Å². The number of hydrogen-bond acceptors (Lipinski definition) is 4. The van der Waals surface area contributed by atoms with E-state index >= 15 is 0 Å². The minimum atomic E-state index is -0.479. The molecule has 0 unspecified atom stereocenters. The average Bonchev–Trinajstić information content (AvgIpc) is 2.46. The predicted octanol–water partition coefficient (Wildman–Crippen LogP) is 3.99. The fourth-order valence-corrected chi connectivity index (χ4v) is 1.66. The molecule has 1 rings (SSSR count). The predicted molar refractivity (Wildman–Crippen MR) is 86.0 cm³/mol. The first-order valence-electron chi connectivity index (χ1n) is 7.23. The highest BCUT2D eigenvalue weighted by atomic mass is 16.5. The molecule has 0 saturated carbocycles. The average molecular weight is 302 g/mol. The second-order valence-corrected chi connectivity index (χ2v) is 5.21. The van der Waals surface area contributed by atoms with E-state index in [1.165, 1.54) is 0 Å². The Morgan fingerprint density at radius 1 is 1.05 bits per heavy atom. The number of ether oxygens (including phenoxy) is 2. The van der Waals surface area contributed by atoms with Gasteiger partial charge in [-0.05, 0) is 50.5 Å². The van der Waals surface area contributed by atoms with E-state index in [4.69, 9.17) is 9.47 Å². The number of carbonyl (C=O) groups is 2. The van der Waals surface area contributed by atoms with Gasteiger partial charge in [-0.3, -0.25) is 0 Å². The summed E-state index contributed by atoms with van der Waals surface area (Å²) in [6.07, 6.45) is 2.67. The molecule has 1 aromatic carbocycles. The maximum absolute atomic E-state index is 11.7. The van der Waals surface area contributed by atoms with Crippen molar-refractivity contribution in [2.75, 3.05) is 0 Å². The first kappa shape index (κ1) is 17.7. The van der Waals surface area contributed by atoms with E-state index in [0.29, 0.717) is 22.6 Å². The van der Waals surface area contributed by atoms with Crippen molar-refractivity contribution in [3.63, 3.8) is 0 Å². The van der Waals surface area contributed by atoms with Crippen molar-refractivity contribution >= 4 is 11.9 Å². The quantitative estimate of drug-likeness (QED) is 0.434. The summed E-state index contributed by atoms with van der Waals surface area (Å²) in [6, 6.07) is 4.95. The van der Waals surface area contributed by atoms with Crippen molar-refractivity contribution in [1.29, 1.82) is 0 Å². The molecule has 0 N–H and O–H groups in total. The molecule has 4 nitrogen and oxygen atoms in total. The molecule has 0 spiro atoms. The molecule has 0 saturated heterocycles. The number of benzene rings is 1. The number of rotatable bonds is 7. The Morgan fingerprint density at radius 2 is 1.64 bits per heavy atom. The van der Waals surface area contributed by atoms with Gasteiger partial charge in [-0.2, -0.15) is 0 Å². The van der Waals surface area contributed by atoms with E-state index in [-0.39, 0.29) is 0 Å². The number of unbranched alkanes of at least 4 members (excludes halogenated alkanes) is 1. The van der Waals surface area contributed by atoms with Gasteiger partial charge >= 0.3 is 11.9 Å². The lowest BCUT2D eigenvalue weighted by Crippen LogP contribution is -2.11. The van der Waals surface area contributed by atoms with Gasteiger partial charge < -0.3 is 9.47 Å². The monoisotopic (exact) mass is 302 g/mol. The number of hydrogen-bond donors (Lipinski definition) is 0. The normalized spacial score (nSPS) is 9.95. The third-order valence-electron chi connectivity index (χ3n) is 2.94. The Labute approximate surface area is 131 Å². The highest BCUT2D eigenvalue weighted by molar-refractivity contribution is 5.89. The Morgan fingerprint density at radius 3 is 2.18 bits per heavy atom. The molecule has 0 atom stereocenters. The van der Waals surface area contributed by atoms with Gasteiger partial charge in [-0.25, -0.2) is 9.59 Å². The molecule has 22 heavy (non-hydrogen) atoms. The maximum Gasteiger partial charge on any atom is 0.338 e. The zero-order chi connectivity index (χ0) is 16.7. The maximum atomic E-state index is 11.7. The van der Waals surface area contributed by atoms with Gasteiger partial charge in [-0.1, -0.05) is 26.5 Å². The Bertz CT molecular complexity index is 599. The van der Waals surface area contributed by atoms with E-state index in [0.717, 1.165) is 24.8 Å². The van der Waals surface area contributed by atoms with Gasteiger partial charge in [0.25, 0.3) is 0 Å². The van der Waals surface area contributed by atoms with Crippen LogP contribution < -0.4 is 9.47 Å². The molecule has 0 bridgehead atoms. The lowest BCUT2D eigenvalue weighted by Gasteiger charge is -2.12. The van der Waals surface area contributed by atoms with Gasteiger partial charge in [-0.15, -0.1) is 0 Å². The highest BCUT2D eigenvalue weighted by Gasteiger charge is 2.13. The number of esters is 2. The van der Waals surface area contributed by atoms with Crippen LogP contribution in [0.3, 0.4) is 0 Å². The first-order valence-corrected chi connectivity index (χ1v) is 7.23. The fourth-order valence-electron chi connectivity index (χ4n) is 1.66. The summed E-state index contributed by atoms with van der Waals surface area (Å²) in [4.78, 5) is 23.2. The third kappa shape index (κ3) is 5.20. The first-order chi connectivity index (χ1) is 10.3. The second-order valence-electron chi connectivity index (χ2n) is 5.21. The van der Waals surface area contributed by atoms with E-state index in [1.54, 1.807) is 32.0 Å². The summed E-state index contributed by atoms with van der Waals surface area (Å²) in [7, 11) is 0. The van der Waals surface area contributed by atoms with Crippen LogP contribution in [0.1, 0.15) is 39.2 Å². The van der Waals surface area contributed by atoms with Crippen molar-refractivity contribution in [3.8, 4) is 11.5 Å². The third-order valence-corrected chi connectivity index (χ3v) is 2.94. The summed E-state index contributed by atoms with van der Waals surface area (Å²) in [6.45, 7) is 12.4. The van der Waals surface area contributed by atoms with Crippen LogP contribution in [0.15, 0.2) is 42.5 Å². The van der Waals surface area contributed by atoms with Gasteiger partial charge in [0.2, 0.25) is 0 Å². The summed E-state index contributed by atoms with van der Waals surface area (Å²) < 4.78 is 10.5. The summed E-state index contributed by atoms with van der Waals surface area (Å²) >= 11 is 0. The molecule has 0 fully saturated rings. The van der Waals surface area contributed by atoms with Crippen LogP contribution in [0.25, 0.3) is 0 Å². The van der Waals surface area contributed by atoms with Crippen molar-refractivity contribution < 1.29 is 19.1 Å². The van der Waals surface area contributed by atoms with Crippen LogP contribution in [-0.2, 0) is 16.0 Å². The second kappa shape index (κ2) is 8.17. The lowest BCUT2D eigenvalue weighted by molar-refractivity contribution is -0.131. The molecule has 0 aliphatic rings. The van der Waals surface area contributed by atoms with Crippen LogP contribution in [-0.4, -0.2) is 11.9 Å². The molecule has 0 aromatic heterocycles. The molecule has 118 valence electrons. The zero-order valence-corrected chi connectivity index (χ0v) is 13.4. The van der Waals surface area contributed by atoms with Crippen molar-refractivity contribution in [2.45, 2.75) is 40.0 Å². The summed E-state index contributed by atoms with van der Waals surface area (Å²) in [5.74, 6) is -0.0663. The van der Waals surface area contributed by atoms with E-state index in [9.17, 15) is 9.59 Å². The SMILES string of the molecule is C=C(C)C(=O)Oc1ccc(OC(=O)C(=C)C)c(CCCC)c1. The Kier molecular flexibility index (Phi) is 6.57. The van der Waals surface area contributed by atoms with E-state index in [2.05, 4.69) is 20.1 Å². The number of carbonyl (C=O) groups excluding carboxylic acids is 2. The topological polar surface area (TPSA) is 52.6 Å². The largest absolute Gasteiger partial charge is 0.423 e. The molecule has 0 aliphatic carbocycles. The molecular formula is C18H22O4. The summed E-state index contributed by atoms with van der Waals surface area (Å²) in [5, 5.41) is 0. The van der Waals surface area contributed by atoms with Gasteiger partial charge in [0.1, 0.15) is 11.5 Å². The standard InChI is InChI=1S/C18H22O4/c1-6-7-8-14-11-15(21-17(19)12(2)3)9-10-16(14)22-18(20)13(4)5/h9-11H,2,4,6-8H2,1,3,5H3. The van der Waals surface area contributed by atoms with Crippen LogP contribution in [0.2, 0.25) is 0 Å². The molecule has 0 amide bonds. The van der Waals surface area contributed by atoms with E-state index < -0.39 is 11.9 Å². The van der Waals surface area contributed by atoms with Crippen molar-refractivity contribution in [2.24, 2.45) is 0 Å². The smallest absolute Gasteiger partial charge is 0.338 e. The van der Waals surface area contributed by atoms with Gasteiger partial charge in [0.15, 0.2) is 0 Å². The van der Waals surface area contributed by atoms with Crippen molar-refractivity contribution in [1.82, 2.24) is 0 Å². The fraction of sp³-hybridized carbons (Fsp3) is 0.333. The van der Waals surface area contributed by atoms with Gasteiger partial charge in [0, 0.05) is 11.1 Å². The molecule has 0 heterocycles. The number of aryl methyl sites for hydroxylation is 1. The molecule has 1 aromatic rings. The van der Waals surface area contributed by atoms with E-state index in [1.807, 2.05) is 0 Å². The van der Waals surface area contributed by atoms with Crippen molar-refractivity contribution in [3.05, 3.63) is 48.1 Å². The molecule has 0 aliphatic heterocycles. The molecular weight excluding hydrogens is 280 g/mol. The lowest BCUT2D eigenvalue weighted by atomic mass is 10.1. The Hall–Kier alpha value is -2.36. The molecule has 4 heteroatoms. The minimum absolute atomic E-state index is 0.327. The highest BCUT2D eigenvalue weighted by Crippen LogP contribution is 2.27. The van der Waals surface area contributed by atoms with Gasteiger partial charge in [0.05, 0.1) is 0 Å². The molecule has 0 radical (unpaired) electrons. The Balaban J connectivity index is 3.01.